The smallest absolute Gasteiger partial charge is 0.329 e. The number of thiophene rings is 1. The lowest BCUT2D eigenvalue weighted by Gasteiger charge is -2.42. The van der Waals surface area contributed by atoms with E-state index in [-0.39, 0.29) is 35.8 Å². The highest BCUT2D eigenvalue weighted by atomic mass is 32.1. The van der Waals surface area contributed by atoms with Crippen molar-refractivity contribution in [2.24, 2.45) is 0 Å². The number of carbonyl (C=O) groups excluding carboxylic acids is 3. The molecule has 3 N–H and O–H groups in total. The molecule has 0 spiro atoms. The Morgan fingerprint density at radius 2 is 1.93 bits per heavy atom. The van der Waals surface area contributed by atoms with Gasteiger partial charge in [0.05, 0.1) is 11.0 Å². The summed E-state index contributed by atoms with van der Waals surface area (Å²) in [7, 11) is -4.22. The number of likely N-dealkylation sites (tertiary alicyclic amines) is 1. The molecule has 0 unspecified atom stereocenters. The van der Waals surface area contributed by atoms with Crippen LogP contribution in [-0.2, 0) is 20.3 Å². The van der Waals surface area contributed by atoms with Crippen molar-refractivity contribution in [1.82, 2.24) is 20.1 Å². The summed E-state index contributed by atoms with van der Waals surface area (Å²) in [6, 6.07) is 6.59. The zero-order valence-electron chi connectivity index (χ0n) is 22.1. The van der Waals surface area contributed by atoms with Gasteiger partial charge in [-0.25, -0.2) is 4.39 Å². The average molecular weight is 601 g/mol. The van der Waals surface area contributed by atoms with Crippen molar-refractivity contribution in [3.63, 3.8) is 0 Å². The van der Waals surface area contributed by atoms with Gasteiger partial charge in [0, 0.05) is 47.7 Å². The van der Waals surface area contributed by atoms with Crippen molar-refractivity contribution < 1.29 is 33.1 Å². The Hall–Kier alpha value is -3.18. The van der Waals surface area contributed by atoms with Gasteiger partial charge in [0.25, 0.3) is 5.91 Å². The summed E-state index contributed by atoms with van der Waals surface area (Å²) in [4.78, 5) is 66.7. The van der Waals surface area contributed by atoms with E-state index in [9.17, 15) is 33.1 Å². The van der Waals surface area contributed by atoms with Gasteiger partial charge in [0.2, 0.25) is 11.8 Å². The molecular formula is C28H30FN4O6PS. The molecule has 6 rings (SSSR count). The zero-order chi connectivity index (χ0) is 28.9. The third-order valence-corrected chi connectivity index (χ3v) is 10.2. The summed E-state index contributed by atoms with van der Waals surface area (Å²) < 4.78 is 26.3. The fourth-order valence-corrected chi connectivity index (χ4v) is 7.88. The molecule has 5 heterocycles. The Balaban J connectivity index is 1.13. The highest BCUT2D eigenvalue weighted by molar-refractivity contribution is 7.50. The monoisotopic (exact) mass is 600 g/mol. The van der Waals surface area contributed by atoms with Gasteiger partial charge in [-0.15, -0.1) is 11.3 Å². The first-order valence-corrected chi connectivity index (χ1v) is 16.3. The van der Waals surface area contributed by atoms with Crippen LogP contribution in [0.3, 0.4) is 0 Å². The first-order chi connectivity index (χ1) is 19.6. The molecule has 10 nitrogen and oxygen atoms in total. The second kappa shape index (κ2) is 10.9. The first-order valence-electron chi connectivity index (χ1n) is 13.7. The third kappa shape index (κ3) is 5.66. The van der Waals surface area contributed by atoms with Gasteiger partial charge in [-0.3, -0.25) is 23.9 Å². The maximum Gasteiger partial charge on any atom is 0.329 e. The van der Waals surface area contributed by atoms with Gasteiger partial charge in [0.15, 0.2) is 0 Å². The van der Waals surface area contributed by atoms with Crippen LogP contribution < -0.4 is 5.32 Å². The van der Waals surface area contributed by atoms with E-state index in [2.05, 4.69) is 10.3 Å². The molecular weight excluding hydrogens is 570 g/mol. The van der Waals surface area contributed by atoms with Gasteiger partial charge >= 0.3 is 7.60 Å². The van der Waals surface area contributed by atoms with Gasteiger partial charge in [-0.05, 0) is 67.3 Å². The molecule has 0 saturated carbocycles. The molecule has 3 fully saturated rings. The molecule has 3 aliphatic rings. The lowest BCUT2D eigenvalue weighted by Crippen LogP contribution is -2.58. The van der Waals surface area contributed by atoms with E-state index in [4.69, 9.17) is 0 Å². The van der Waals surface area contributed by atoms with E-state index >= 15 is 0 Å². The Morgan fingerprint density at radius 1 is 1.12 bits per heavy atom. The number of aromatic nitrogens is 1. The van der Waals surface area contributed by atoms with Crippen molar-refractivity contribution in [2.45, 2.75) is 62.3 Å². The predicted molar refractivity (Wildman–Crippen MR) is 150 cm³/mol. The second-order valence-corrected chi connectivity index (χ2v) is 13.8. The molecule has 216 valence electrons. The Morgan fingerprint density at radius 3 is 2.68 bits per heavy atom. The van der Waals surface area contributed by atoms with Gasteiger partial charge in [-0.1, -0.05) is 6.07 Å². The fraction of sp³-hybridized carbons (Fsp3) is 0.429. The number of nitrogens with one attached hydrogen (secondary N) is 1. The predicted octanol–water partition coefficient (Wildman–Crippen LogP) is 3.38. The largest absolute Gasteiger partial charge is 0.340 e. The van der Waals surface area contributed by atoms with Crippen LogP contribution in [0.25, 0.3) is 10.1 Å². The van der Waals surface area contributed by atoms with Crippen molar-refractivity contribution in [3.8, 4) is 0 Å². The number of nitrogens with zero attached hydrogens (tertiary/aromatic N) is 3. The number of hydrogen-bond donors (Lipinski definition) is 3. The van der Waals surface area contributed by atoms with Crippen LogP contribution in [0.4, 0.5) is 4.39 Å². The molecule has 0 aliphatic carbocycles. The van der Waals surface area contributed by atoms with E-state index in [0.717, 1.165) is 24.0 Å². The van der Waals surface area contributed by atoms with E-state index in [1.165, 1.54) is 29.8 Å². The number of carbonyl (C=O) groups is 3. The van der Waals surface area contributed by atoms with Crippen LogP contribution in [0, 0.1) is 5.82 Å². The Bertz CT molecular complexity index is 1570. The number of amides is 3. The highest BCUT2D eigenvalue weighted by Crippen LogP contribution is 2.40. The lowest BCUT2D eigenvalue weighted by molar-refractivity contribution is -0.148. The lowest BCUT2D eigenvalue weighted by atomic mass is 9.91. The zero-order valence-corrected chi connectivity index (χ0v) is 23.8. The summed E-state index contributed by atoms with van der Waals surface area (Å²) in [5, 5.41) is 3.58. The standard InChI is InChI=1S/C28H30FN4O6PS/c29-21-8-9-30-12-20(21)18-13-32(14-18)28(36)23-6-5-19-2-1-3-22(27(35)33(19)23)31-26(34)25-11-17-10-16(15-40(37,38)39)4-7-24(17)41-25/h4,7-12,18-19,22-23H,1-3,5-6,13-15H2,(H,31,34)(H2,37,38,39)/t19-,22-,23-/m0/s1. The van der Waals surface area contributed by atoms with Crippen LogP contribution >= 0.6 is 18.9 Å². The van der Waals surface area contributed by atoms with Crippen LogP contribution in [0.1, 0.15) is 58.8 Å². The molecule has 2 aromatic heterocycles. The van der Waals surface area contributed by atoms with Gasteiger partial charge in [-0.2, -0.15) is 0 Å². The molecule has 3 amide bonds. The normalized spacial score (nSPS) is 23.3. The molecule has 41 heavy (non-hydrogen) atoms. The van der Waals surface area contributed by atoms with Crippen molar-refractivity contribution in [3.05, 3.63) is 64.5 Å². The quantitative estimate of drug-likeness (QED) is 0.369. The summed E-state index contributed by atoms with van der Waals surface area (Å²) in [6.07, 6.45) is 5.77. The topological polar surface area (TPSA) is 140 Å². The van der Waals surface area contributed by atoms with E-state index < -0.39 is 25.6 Å². The number of benzene rings is 1. The van der Waals surface area contributed by atoms with Gasteiger partial charge < -0.3 is 24.9 Å². The minimum absolute atomic E-state index is 0.0528. The SMILES string of the molecule is O=C(N[C@H]1CCC[C@H]2CC[C@@H](C(=O)N3CC(c4cnccc4F)C3)N2C1=O)c1cc2cc(CP(=O)(O)O)ccc2s1. The maximum absolute atomic E-state index is 14.2. The minimum atomic E-state index is -4.22. The number of halogens is 1. The third-order valence-electron chi connectivity index (χ3n) is 8.30. The van der Waals surface area contributed by atoms with Gasteiger partial charge in [0.1, 0.15) is 17.9 Å². The van der Waals surface area contributed by atoms with Crippen LogP contribution in [0.5, 0.6) is 0 Å². The number of pyridine rings is 1. The molecule has 13 heteroatoms. The molecule has 3 atom stereocenters. The van der Waals surface area contributed by atoms with Crippen LogP contribution in [0.2, 0.25) is 0 Å². The van der Waals surface area contributed by atoms with Crippen LogP contribution in [-0.4, -0.2) is 73.5 Å². The first kappa shape index (κ1) is 28.0. The fourth-order valence-electron chi connectivity index (χ4n) is 6.26. The molecule has 3 aliphatic heterocycles. The Kier molecular flexibility index (Phi) is 7.44. The van der Waals surface area contributed by atoms with Crippen molar-refractivity contribution >= 4 is 46.7 Å². The summed E-state index contributed by atoms with van der Waals surface area (Å²) >= 11 is 1.24. The minimum Gasteiger partial charge on any atom is -0.340 e. The maximum atomic E-state index is 14.2. The summed E-state index contributed by atoms with van der Waals surface area (Å²) in [5.41, 5.74) is 0.971. The van der Waals surface area contributed by atoms with E-state index in [0.29, 0.717) is 47.3 Å². The summed E-state index contributed by atoms with van der Waals surface area (Å²) in [5.74, 6) is -1.24. The van der Waals surface area contributed by atoms with Crippen molar-refractivity contribution in [1.29, 1.82) is 0 Å². The summed E-state index contributed by atoms with van der Waals surface area (Å²) in [6.45, 7) is 0.763. The number of hydrogen-bond acceptors (Lipinski definition) is 6. The molecule has 1 aromatic carbocycles. The molecule has 0 bridgehead atoms. The van der Waals surface area contributed by atoms with Crippen molar-refractivity contribution in [2.75, 3.05) is 13.1 Å². The second-order valence-electron chi connectivity index (χ2n) is 11.1. The highest BCUT2D eigenvalue weighted by Gasteiger charge is 2.47. The average Bonchev–Trinajstić information content (AvgIpc) is 3.47. The molecule has 3 aromatic rings. The molecule has 0 radical (unpaired) electrons. The number of rotatable bonds is 6. The van der Waals surface area contributed by atoms with E-state index in [1.807, 2.05) is 0 Å². The molecule has 3 saturated heterocycles. The number of fused-ring (bicyclic) bond motifs is 2. The Labute approximate surface area is 239 Å². The van der Waals surface area contributed by atoms with E-state index in [1.54, 1.807) is 34.1 Å². The van der Waals surface area contributed by atoms with Crippen LogP contribution in [0.15, 0.2) is 42.7 Å².